The smallest absolute Gasteiger partial charge is 0.225 e. The summed E-state index contributed by atoms with van der Waals surface area (Å²) in [6.07, 6.45) is 7.63. The van der Waals surface area contributed by atoms with Gasteiger partial charge in [-0.05, 0) is 24.3 Å². The summed E-state index contributed by atoms with van der Waals surface area (Å²) in [6.45, 7) is 4.86. The molecule has 132 valence electrons. The maximum Gasteiger partial charge on any atom is 0.225 e. The predicted octanol–water partition coefficient (Wildman–Crippen LogP) is 3.17. The molecule has 4 aromatic heterocycles. The lowest BCUT2D eigenvalue weighted by Crippen LogP contribution is -2.34. The van der Waals surface area contributed by atoms with Gasteiger partial charge in [0, 0.05) is 18.3 Å². The van der Waals surface area contributed by atoms with Gasteiger partial charge in [-0.3, -0.25) is 4.79 Å². The third-order valence-corrected chi connectivity index (χ3v) is 4.50. The molecule has 0 aliphatic heterocycles. The molecule has 0 bridgehead atoms. The van der Waals surface area contributed by atoms with E-state index in [0.717, 1.165) is 22.7 Å². The van der Waals surface area contributed by atoms with Crippen LogP contribution in [0.15, 0.2) is 61.2 Å². The highest BCUT2D eigenvalue weighted by Gasteiger charge is 2.20. The number of aromatic nitrogens is 4. The standard InChI is InChI=1S/C20H21N5O/c1-15(2)20(26)23(13-16-11-21-18-7-3-5-9-24(16)18)14-17-12-22-19-8-4-6-10-25(17)19/h3-12,15H,13-14H2,1-2H3. The van der Waals surface area contributed by atoms with Crippen LogP contribution in [0.5, 0.6) is 0 Å². The summed E-state index contributed by atoms with van der Waals surface area (Å²) in [4.78, 5) is 23.6. The molecule has 0 aliphatic rings. The summed E-state index contributed by atoms with van der Waals surface area (Å²) in [5, 5.41) is 0. The number of hydrogen-bond acceptors (Lipinski definition) is 3. The van der Waals surface area contributed by atoms with Crippen molar-refractivity contribution in [2.75, 3.05) is 0 Å². The second-order valence-corrected chi connectivity index (χ2v) is 6.71. The molecule has 0 aliphatic carbocycles. The molecule has 0 saturated heterocycles. The summed E-state index contributed by atoms with van der Waals surface area (Å²) in [7, 11) is 0. The first-order valence-corrected chi connectivity index (χ1v) is 8.74. The summed E-state index contributed by atoms with van der Waals surface area (Å²) in [5.74, 6) is 0.0372. The lowest BCUT2D eigenvalue weighted by atomic mass is 10.2. The number of nitrogens with zero attached hydrogens (tertiary/aromatic N) is 5. The van der Waals surface area contributed by atoms with Crippen LogP contribution in [-0.4, -0.2) is 29.6 Å². The average Bonchev–Trinajstić information content (AvgIpc) is 3.25. The molecule has 4 aromatic rings. The van der Waals surface area contributed by atoms with Crippen molar-refractivity contribution >= 4 is 17.2 Å². The minimum Gasteiger partial charge on any atom is -0.331 e. The normalized spacial score (nSPS) is 11.5. The average molecular weight is 347 g/mol. The van der Waals surface area contributed by atoms with E-state index in [4.69, 9.17) is 0 Å². The van der Waals surface area contributed by atoms with Crippen molar-refractivity contribution in [1.82, 2.24) is 23.7 Å². The van der Waals surface area contributed by atoms with Crippen molar-refractivity contribution in [2.45, 2.75) is 26.9 Å². The number of pyridine rings is 2. The number of rotatable bonds is 5. The van der Waals surface area contributed by atoms with Gasteiger partial charge >= 0.3 is 0 Å². The molecule has 26 heavy (non-hydrogen) atoms. The Hall–Kier alpha value is -3.15. The van der Waals surface area contributed by atoms with Gasteiger partial charge < -0.3 is 13.7 Å². The molecule has 1 amide bonds. The number of amides is 1. The first-order chi connectivity index (χ1) is 12.6. The highest BCUT2D eigenvalue weighted by Crippen LogP contribution is 2.16. The van der Waals surface area contributed by atoms with Crippen LogP contribution in [0.2, 0.25) is 0 Å². The zero-order chi connectivity index (χ0) is 18.1. The van der Waals surface area contributed by atoms with E-state index in [1.165, 1.54) is 0 Å². The fourth-order valence-corrected chi connectivity index (χ4v) is 3.17. The molecule has 0 saturated carbocycles. The molecule has 4 rings (SSSR count). The Labute approximate surface area is 151 Å². The Morgan fingerprint density at radius 2 is 1.42 bits per heavy atom. The summed E-state index contributed by atoms with van der Waals surface area (Å²) < 4.78 is 4.05. The van der Waals surface area contributed by atoms with E-state index in [1.807, 2.05) is 88.7 Å². The van der Waals surface area contributed by atoms with Gasteiger partial charge in [0.05, 0.1) is 36.9 Å². The molecule has 0 radical (unpaired) electrons. The highest BCUT2D eigenvalue weighted by atomic mass is 16.2. The Morgan fingerprint density at radius 3 is 1.88 bits per heavy atom. The third kappa shape index (κ3) is 2.94. The van der Waals surface area contributed by atoms with Crippen molar-refractivity contribution in [3.05, 3.63) is 72.6 Å². The Kier molecular flexibility index (Phi) is 4.16. The van der Waals surface area contributed by atoms with Gasteiger partial charge in [-0.25, -0.2) is 9.97 Å². The van der Waals surface area contributed by atoms with Crippen LogP contribution in [0.1, 0.15) is 25.2 Å². The van der Waals surface area contributed by atoms with Crippen LogP contribution < -0.4 is 0 Å². The van der Waals surface area contributed by atoms with Crippen molar-refractivity contribution in [2.24, 2.45) is 5.92 Å². The molecular weight excluding hydrogens is 326 g/mol. The van der Waals surface area contributed by atoms with E-state index in [0.29, 0.717) is 13.1 Å². The van der Waals surface area contributed by atoms with E-state index in [-0.39, 0.29) is 11.8 Å². The Balaban J connectivity index is 1.67. The minimum atomic E-state index is -0.0756. The summed E-state index contributed by atoms with van der Waals surface area (Å²) >= 11 is 0. The maximum atomic E-state index is 12.8. The molecule has 0 unspecified atom stereocenters. The maximum absolute atomic E-state index is 12.8. The van der Waals surface area contributed by atoms with Gasteiger partial charge in [0.15, 0.2) is 0 Å². The summed E-state index contributed by atoms with van der Waals surface area (Å²) in [6, 6.07) is 11.8. The van der Waals surface area contributed by atoms with Crippen LogP contribution >= 0.6 is 0 Å². The second-order valence-electron chi connectivity index (χ2n) is 6.71. The fraction of sp³-hybridized carbons (Fsp3) is 0.250. The van der Waals surface area contributed by atoms with Gasteiger partial charge in [-0.1, -0.05) is 26.0 Å². The van der Waals surface area contributed by atoms with Gasteiger partial charge in [0.1, 0.15) is 11.3 Å². The zero-order valence-electron chi connectivity index (χ0n) is 14.9. The monoisotopic (exact) mass is 347 g/mol. The quantitative estimate of drug-likeness (QED) is 0.557. The Bertz CT molecular complexity index is 986. The molecule has 6 heteroatoms. The largest absolute Gasteiger partial charge is 0.331 e. The number of fused-ring (bicyclic) bond motifs is 2. The number of carbonyl (C=O) groups is 1. The minimum absolute atomic E-state index is 0.0756. The molecule has 6 nitrogen and oxygen atoms in total. The SMILES string of the molecule is CC(C)C(=O)N(Cc1cnc2ccccn12)Cc1cnc2ccccn12. The third-order valence-electron chi connectivity index (χ3n) is 4.50. The van der Waals surface area contributed by atoms with Crippen molar-refractivity contribution in [3.8, 4) is 0 Å². The van der Waals surface area contributed by atoms with E-state index >= 15 is 0 Å². The lowest BCUT2D eigenvalue weighted by molar-refractivity contribution is -0.135. The zero-order valence-corrected chi connectivity index (χ0v) is 14.9. The van der Waals surface area contributed by atoms with Gasteiger partial charge in [0.2, 0.25) is 5.91 Å². The van der Waals surface area contributed by atoms with E-state index in [9.17, 15) is 4.79 Å². The van der Waals surface area contributed by atoms with E-state index < -0.39 is 0 Å². The molecule has 0 atom stereocenters. The van der Waals surface area contributed by atoms with Crippen LogP contribution in [0.4, 0.5) is 0 Å². The second kappa shape index (κ2) is 6.63. The first-order valence-electron chi connectivity index (χ1n) is 8.74. The van der Waals surface area contributed by atoms with Crippen LogP contribution in [0.3, 0.4) is 0 Å². The Morgan fingerprint density at radius 1 is 0.923 bits per heavy atom. The van der Waals surface area contributed by atoms with Crippen LogP contribution in [-0.2, 0) is 17.9 Å². The van der Waals surface area contributed by atoms with E-state index in [2.05, 4.69) is 9.97 Å². The highest BCUT2D eigenvalue weighted by molar-refractivity contribution is 5.78. The van der Waals surface area contributed by atoms with Crippen LogP contribution in [0.25, 0.3) is 11.3 Å². The number of carbonyl (C=O) groups excluding carboxylic acids is 1. The number of hydrogen-bond donors (Lipinski definition) is 0. The van der Waals surface area contributed by atoms with Gasteiger partial charge in [-0.2, -0.15) is 0 Å². The fourth-order valence-electron chi connectivity index (χ4n) is 3.17. The summed E-state index contributed by atoms with van der Waals surface area (Å²) in [5.41, 5.74) is 3.75. The topological polar surface area (TPSA) is 54.9 Å². The molecular formula is C20H21N5O. The van der Waals surface area contributed by atoms with Crippen molar-refractivity contribution < 1.29 is 4.79 Å². The predicted molar refractivity (Wildman–Crippen MR) is 99.5 cm³/mol. The first kappa shape index (κ1) is 16.3. The molecule has 4 heterocycles. The van der Waals surface area contributed by atoms with Crippen molar-refractivity contribution in [3.63, 3.8) is 0 Å². The van der Waals surface area contributed by atoms with Crippen molar-refractivity contribution in [1.29, 1.82) is 0 Å². The van der Waals surface area contributed by atoms with Gasteiger partial charge in [0.25, 0.3) is 0 Å². The molecule has 0 N–H and O–H groups in total. The molecule has 0 spiro atoms. The van der Waals surface area contributed by atoms with E-state index in [1.54, 1.807) is 0 Å². The van der Waals surface area contributed by atoms with Gasteiger partial charge in [-0.15, -0.1) is 0 Å². The molecule has 0 aromatic carbocycles. The number of imidazole rings is 2. The lowest BCUT2D eigenvalue weighted by Gasteiger charge is -2.24. The molecule has 0 fully saturated rings. The van der Waals surface area contributed by atoms with Crippen LogP contribution in [0, 0.1) is 5.92 Å².